The molecule has 34 heavy (non-hydrogen) atoms. The number of carbonyl (C=O) groups is 2. The normalized spacial score (nSPS) is 12.3. The van der Waals surface area contributed by atoms with Gasteiger partial charge in [-0.3, -0.25) is 13.9 Å². The van der Waals surface area contributed by atoms with Gasteiger partial charge in [0.15, 0.2) is 0 Å². The molecule has 0 aliphatic carbocycles. The second-order valence-electron chi connectivity index (χ2n) is 8.41. The molecule has 1 N–H and O–H groups in total. The lowest BCUT2D eigenvalue weighted by Gasteiger charge is -2.30. The van der Waals surface area contributed by atoms with Crippen LogP contribution in [0.25, 0.3) is 0 Å². The smallest absolute Gasteiger partial charge is 0.242 e. The molecule has 0 spiro atoms. The summed E-state index contributed by atoms with van der Waals surface area (Å²) in [7, 11) is -3.60. The summed E-state index contributed by atoms with van der Waals surface area (Å²) in [5.74, 6) is -1.01. The van der Waals surface area contributed by atoms with Crippen LogP contribution in [-0.2, 0) is 26.2 Å². The summed E-state index contributed by atoms with van der Waals surface area (Å²) >= 11 is 6.01. The van der Waals surface area contributed by atoms with Gasteiger partial charge in [-0.05, 0) is 63.1 Å². The minimum atomic E-state index is -3.60. The van der Waals surface area contributed by atoms with Crippen LogP contribution in [0.5, 0.6) is 0 Å². The first-order valence-electron chi connectivity index (χ1n) is 11.0. The Labute approximate surface area is 205 Å². The van der Waals surface area contributed by atoms with Crippen molar-refractivity contribution >= 4 is 39.1 Å². The Morgan fingerprint density at radius 3 is 2.29 bits per heavy atom. The number of rotatable bonds is 11. The zero-order valence-electron chi connectivity index (χ0n) is 19.8. The van der Waals surface area contributed by atoms with Crippen LogP contribution in [0.4, 0.5) is 10.1 Å². The number of amides is 2. The molecule has 2 rings (SSSR count). The Kier molecular flexibility index (Phi) is 9.88. The monoisotopic (exact) mass is 511 g/mol. The first kappa shape index (κ1) is 27.6. The van der Waals surface area contributed by atoms with Crippen LogP contribution in [0.3, 0.4) is 0 Å². The second-order valence-corrected chi connectivity index (χ2v) is 10.7. The predicted octanol–water partition coefficient (Wildman–Crippen LogP) is 3.97. The van der Waals surface area contributed by atoms with Crippen molar-refractivity contribution < 1.29 is 22.4 Å². The van der Waals surface area contributed by atoms with Gasteiger partial charge in [0.05, 0.1) is 11.9 Å². The number of halogens is 2. The van der Waals surface area contributed by atoms with Crippen molar-refractivity contribution in [3.05, 3.63) is 64.9 Å². The van der Waals surface area contributed by atoms with Crippen LogP contribution < -0.4 is 9.62 Å². The highest BCUT2D eigenvalue weighted by Crippen LogP contribution is 2.22. The van der Waals surface area contributed by atoms with Crippen LogP contribution in [0.1, 0.15) is 39.2 Å². The van der Waals surface area contributed by atoms with Crippen molar-refractivity contribution in [2.45, 2.75) is 52.2 Å². The molecule has 0 unspecified atom stereocenters. The number of nitrogens with zero attached hydrogens (tertiary/aromatic N) is 2. The van der Waals surface area contributed by atoms with Gasteiger partial charge in [-0.25, -0.2) is 12.8 Å². The molecule has 2 aromatic carbocycles. The lowest BCUT2D eigenvalue weighted by atomic mass is 10.1. The molecule has 2 aromatic rings. The molecule has 0 bridgehead atoms. The van der Waals surface area contributed by atoms with Gasteiger partial charge in [0, 0.05) is 30.6 Å². The molecule has 0 heterocycles. The minimum Gasteiger partial charge on any atom is -0.352 e. The van der Waals surface area contributed by atoms with Gasteiger partial charge in [-0.1, -0.05) is 29.8 Å². The van der Waals surface area contributed by atoms with E-state index >= 15 is 0 Å². The maximum Gasteiger partial charge on any atom is 0.242 e. The average Bonchev–Trinajstić information content (AvgIpc) is 2.74. The van der Waals surface area contributed by atoms with Gasteiger partial charge in [0.25, 0.3) is 0 Å². The molecule has 0 saturated heterocycles. The fraction of sp³-hybridized carbons (Fsp3) is 0.417. The molecule has 186 valence electrons. The summed E-state index contributed by atoms with van der Waals surface area (Å²) in [5, 5.41) is 3.20. The molecule has 0 aliphatic rings. The lowest BCUT2D eigenvalue weighted by Crippen LogP contribution is -2.49. The van der Waals surface area contributed by atoms with Gasteiger partial charge in [-0.2, -0.15) is 0 Å². The fourth-order valence-electron chi connectivity index (χ4n) is 3.41. The predicted molar refractivity (Wildman–Crippen MR) is 133 cm³/mol. The van der Waals surface area contributed by atoms with E-state index in [0.29, 0.717) is 16.3 Å². The van der Waals surface area contributed by atoms with Crippen molar-refractivity contribution in [1.29, 1.82) is 0 Å². The molecule has 0 aromatic heterocycles. The van der Waals surface area contributed by atoms with Crippen molar-refractivity contribution in [3.8, 4) is 0 Å². The molecule has 2 amide bonds. The summed E-state index contributed by atoms with van der Waals surface area (Å²) in [6, 6.07) is 11.3. The van der Waals surface area contributed by atoms with E-state index in [1.165, 1.54) is 21.3 Å². The van der Waals surface area contributed by atoms with E-state index in [1.54, 1.807) is 43.3 Å². The van der Waals surface area contributed by atoms with E-state index < -0.39 is 21.9 Å². The van der Waals surface area contributed by atoms with Crippen LogP contribution in [0, 0.1) is 5.82 Å². The summed E-state index contributed by atoms with van der Waals surface area (Å²) < 4.78 is 39.2. The zero-order valence-corrected chi connectivity index (χ0v) is 21.4. The average molecular weight is 512 g/mol. The molecule has 0 aliphatic heterocycles. The number of sulfonamides is 1. The van der Waals surface area contributed by atoms with E-state index in [1.807, 2.05) is 13.8 Å². The number of benzene rings is 2. The van der Waals surface area contributed by atoms with E-state index in [0.717, 1.165) is 6.26 Å². The summed E-state index contributed by atoms with van der Waals surface area (Å²) in [5.41, 5.74) is 1.09. The quantitative estimate of drug-likeness (QED) is 0.494. The number of hydrogen-bond acceptors (Lipinski definition) is 4. The van der Waals surface area contributed by atoms with E-state index in [2.05, 4.69) is 5.32 Å². The van der Waals surface area contributed by atoms with Crippen LogP contribution in [0.15, 0.2) is 48.5 Å². The Morgan fingerprint density at radius 1 is 1.09 bits per heavy atom. The highest BCUT2D eigenvalue weighted by atomic mass is 35.5. The first-order chi connectivity index (χ1) is 15.9. The van der Waals surface area contributed by atoms with Crippen molar-refractivity contribution in [1.82, 2.24) is 10.2 Å². The standard InChI is InChI=1S/C24H31ClFN3O4S/c1-17(2)27-24(31)18(3)28(16-19-10-12-21(26)13-11-19)23(30)9-6-14-29(34(4,32)33)22-8-5-7-20(25)15-22/h5,7-8,10-13,15,17-18H,6,9,14,16H2,1-4H3,(H,27,31)/t18-/m0/s1. The van der Waals surface area contributed by atoms with Crippen LogP contribution in [-0.4, -0.2) is 50.0 Å². The van der Waals surface area contributed by atoms with Gasteiger partial charge in [0.1, 0.15) is 11.9 Å². The molecule has 1 atom stereocenters. The Balaban J connectivity index is 2.16. The molecule has 10 heteroatoms. The van der Waals surface area contributed by atoms with Crippen LogP contribution in [0.2, 0.25) is 5.02 Å². The number of hydrogen-bond donors (Lipinski definition) is 1. The van der Waals surface area contributed by atoms with Gasteiger partial charge >= 0.3 is 0 Å². The minimum absolute atomic E-state index is 0.0209. The third kappa shape index (κ3) is 8.29. The SMILES string of the molecule is CC(C)NC(=O)[C@H](C)N(Cc1ccc(F)cc1)C(=O)CCCN(c1cccc(Cl)c1)S(C)(=O)=O. The van der Waals surface area contributed by atoms with Gasteiger partial charge in [-0.15, -0.1) is 0 Å². The van der Waals surface area contributed by atoms with Gasteiger partial charge < -0.3 is 10.2 Å². The van der Waals surface area contributed by atoms with E-state index in [9.17, 15) is 22.4 Å². The topological polar surface area (TPSA) is 86.8 Å². The van der Waals surface area contributed by atoms with Crippen molar-refractivity contribution in [2.75, 3.05) is 17.1 Å². The highest BCUT2D eigenvalue weighted by Gasteiger charge is 2.27. The largest absolute Gasteiger partial charge is 0.352 e. The molecule has 0 fully saturated rings. The molecule has 0 saturated carbocycles. The van der Waals surface area contributed by atoms with E-state index in [4.69, 9.17) is 11.6 Å². The fourth-order valence-corrected chi connectivity index (χ4v) is 4.55. The maximum absolute atomic E-state index is 13.3. The summed E-state index contributed by atoms with van der Waals surface area (Å²) in [4.78, 5) is 27.2. The molecular weight excluding hydrogens is 481 g/mol. The van der Waals surface area contributed by atoms with Crippen molar-refractivity contribution in [3.63, 3.8) is 0 Å². The van der Waals surface area contributed by atoms with E-state index in [-0.39, 0.29) is 43.8 Å². The number of carbonyl (C=O) groups excluding carboxylic acids is 2. The third-order valence-corrected chi connectivity index (χ3v) is 6.54. The Hall–Kier alpha value is -2.65. The lowest BCUT2D eigenvalue weighted by molar-refractivity contribution is -0.140. The summed E-state index contributed by atoms with van der Waals surface area (Å²) in [6.07, 6.45) is 1.35. The molecular formula is C24H31ClFN3O4S. The maximum atomic E-state index is 13.3. The number of nitrogens with one attached hydrogen (secondary N) is 1. The van der Waals surface area contributed by atoms with Gasteiger partial charge in [0.2, 0.25) is 21.8 Å². The van der Waals surface area contributed by atoms with Crippen LogP contribution >= 0.6 is 11.6 Å². The summed E-state index contributed by atoms with van der Waals surface area (Å²) in [6.45, 7) is 5.48. The third-order valence-electron chi connectivity index (χ3n) is 5.11. The Morgan fingerprint density at radius 2 is 1.74 bits per heavy atom. The zero-order chi connectivity index (χ0) is 25.5. The second kappa shape index (κ2) is 12.2. The number of anilines is 1. The Bertz CT molecular complexity index is 1090. The molecule has 7 nitrogen and oxygen atoms in total. The molecule has 0 radical (unpaired) electrons. The first-order valence-corrected chi connectivity index (χ1v) is 13.2. The van der Waals surface area contributed by atoms with Crippen molar-refractivity contribution in [2.24, 2.45) is 0 Å². The highest BCUT2D eigenvalue weighted by molar-refractivity contribution is 7.92.